The number of nitrogens with zero attached hydrogens (tertiary/aromatic N) is 2. The molecule has 9 heteroatoms. The van der Waals surface area contributed by atoms with Gasteiger partial charge in [0.1, 0.15) is 5.60 Å². The molecule has 4 amide bonds. The fourth-order valence-corrected chi connectivity index (χ4v) is 3.30. The number of carbonyl (C=O) groups is 3. The quantitative estimate of drug-likeness (QED) is 0.461. The normalized spacial score (nSPS) is 15.1. The van der Waals surface area contributed by atoms with Crippen molar-refractivity contribution in [3.63, 3.8) is 0 Å². The number of piperidine rings is 1. The van der Waals surface area contributed by atoms with Crippen LogP contribution in [0.15, 0.2) is 0 Å². The minimum atomic E-state index is -0.546. The maximum absolute atomic E-state index is 12.3. The Labute approximate surface area is 181 Å². The highest BCUT2D eigenvalue weighted by Gasteiger charge is 2.27. The molecule has 1 aliphatic rings. The monoisotopic (exact) mass is 427 g/mol. The molecule has 1 fully saturated rings. The smallest absolute Gasteiger partial charge is 0.407 e. The zero-order chi connectivity index (χ0) is 22.6. The Balaban J connectivity index is 2.17. The largest absolute Gasteiger partial charge is 0.444 e. The summed E-state index contributed by atoms with van der Waals surface area (Å²) in [5.41, 5.74) is -0.546. The van der Waals surface area contributed by atoms with Crippen molar-refractivity contribution in [2.75, 3.05) is 52.4 Å². The van der Waals surface area contributed by atoms with E-state index in [1.165, 1.54) is 0 Å². The number of nitrogens with one attached hydrogen (secondary N) is 3. The number of rotatable bonds is 10. The molecule has 0 aromatic carbocycles. The second-order valence-electron chi connectivity index (χ2n) is 8.59. The zero-order valence-electron chi connectivity index (χ0n) is 19.4. The SMILES string of the molecule is CCN(CC)CCCNC(=O)C1CCN(C(=O)NCCNC(=O)OC(C)(C)C)CC1. The highest BCUT2D eigenvalue weighted by molar-refractivity contribution is 5.79. The maximum atomic E-state index is 12.3. The second-order valence-corrected chi connectivity index (χ2v) is 8.59. The van der Waals surface area contributed by atoms with E-state index in [-0.39, 0.29) is 17.9 Å². The molecule has 0 spiro atoms. The van der Waals surface area contributed by atoms with E-state index in [0.717, 1.165) is 26.1 Å². The van der Waals surface area contributed by atoms with Crippen molar-refractivity contribution in [1.29, 1.82) is 0 Å². The summed E-state index contributed by atoms with van der Waals surface area (Å²) in [5, 5.41) is 8.43. The standard InChI is InChI=1S/C21H41N5O4/c1-6-25(7-2)14-8-11-22-18(27)17-9-15-26(16-10-17)19(28)23-12-13-24-20(29)30-21(3,4)5/h17H,6-16H2,1-5H3,(H,22,27)(H,23,28)(H,24,29). The molecule has 1 heterocycles. The third-order valence-corrected chi connectivity index (χ3v) is 5.07. The number of likely N-dealkylation sites (tertiary alicyclic amines) is 1. The van der Waals surface area contributed by atoms with Gasteiger partial charge in [-0.25, -0.2) is 9.59 Å². The van der Waals surface area contributed by atoms with Gasteiger partial charge >= 0.3 is 12.1 Å². The minimum Gasteiger partial charge on any atom is -0.444 e. The Hall–Kier alpha value is -2.03. The molecule has 0 radical (unpaired) electrons. The van der Waals surface area contributed by atoms with Crippen molar-refractivity contribution in [1.82, 2.24) is 25.8 Å². The zero-order valence-corrected chi connectivity index (χ0v) is 19.4. The minimum absolute atomic E-state index is 0.0312. The van der Waals surface area contributed by atoms with E-state index in [1.54, 1.807) is 25.7 Å². The van der Waals surface area contributed by atoms with E-state index in [2.05, 4.69) is 34.7 Å². The van der Waals surface area contributed by atoms with Gasteiger partial charge in [0.15, 0.2) is 0 Å². The van der Waals surface area contributed by atoms with Crippen molar-refractivity contribution in [2.45, 2.75) is 59.5 Å². The molecule has 1 aliphatic heterocycles. The molecule has 9 nitrogen and oxygen atoms in total. The van der Waals surface area contributed by atoms with Crippen LogP contribution in [0.2, 0.25) is 0 Å². The summed E-state index contributed by atoms with van der Waals surface area (Å²) in [6.07, 6.45) is 1.80. The third kappa shape index (κ3) is 10.7. The van der Waals surface area contributed by atoms with E-state index in [1.807, 2.05) is 0 Å². The number of urea groups is 1. The van der Waals surface area contributed by atoms with E-state index in [9.17, 15) is 14.4 Å². The molecule has 0 aliphatic carbocycles. The van der Waals surface area contributed by atoms with Crippen LogP contribution in [0.4, 0.5) is 9.59 Å². The van der Waals surface area contributed by atoms with E-state index >= 15 is 0 Å². The van der Waals surface area contributed by atoms with Crippen LogP contribution in [0.25, 0.3) is 0 Å². The van der Waals surface area contributed by atoms with Crippen LogP contribution in [0.1, 0.15) is 53.9 Å². The lowest BCUT2D eigenvalue weighted by Gasteiger charge is -2.31. The van der Waals surface area contributed by atoms with E-state index in [0.29, 0.717) is 45.6 Å². The van der Waals surface area contributed by atoms with Crippen molar-refractivity contribution in [3.05, 3.63) is 0 Å². The van der Waals surface area contributed by atoms with Crippen LogP contribution in [0.5, 0.6) is 0 Å². The Morgan fingerprint density at radius 1 is 0.967 bits per heavy atom. The summed E-state index contributed by atoms with van der Waals surface area (Å²) >= 11 is 0. The molecule has 0 aromatic heterocycles. The molecule has 30 heavy (non-hydrogen) atoms. The lowest BCUT2D eigenvalue weighted by Crippen LogP contribution is -2.48. The summed E-state index contributed by atoms with van der Waals surface area (Å²) in [7, 11) is 0. The van der Waals surface area contributed by atoms with Crippen LogP contribution in [0.3, 0.4) is 0 Å². The number of alkyl carbamates (subject to hydrolysis) is 1. The molecule has 3 N–H and O–H groups in total. The van der Waals surface area contributed by atoms with Gasteiger partial charge in [0.25, 0.3) is 0 Å². The molecule has 0 bridgehead atoms. The number of hydrogen-bond donors (Lipinski definition) is 3. The van der Waals surface area contributed by atoms with Gasteiger partial charge in [-0.2, -0.15) is 0 Å². The molecule has 174 valence electrons. The van der Waals surface area contributed by atoms with Crippen LogP contribution in [0, 0.1) is 5.92 Å². The lowest BCUT2D eigenvalue weighted by atomic mass is 9.96. The molecule has 0 aromatic rings. The highest BCUT2D eigenvalue weighted by Crippen LogP contribution is 2.17. The van der Waals surface area contributed by atoms with Gasteiger partial charge < -0.3 is 30.5 Å². The summed E-state index contributed by atoms with van der Waals surface area (Å²) < 4.78 is 5.14. The molecule has 1 saturated heterocycles. The van der Waals surface area contributed by atoms with Crippen molar-refractivity contribution < 1.29 is 19.1 Å². The van der Waals surface area contributed by atoms with Gasteiger partial charge in [0, 0.05) is 38.6 Å². The van der Waals surface area contributed by atoms with Gasteiger partial charge in [0.05, 0.1) is 0 Å². The van der Waals surface area contributed by atoms with Crippen LogP contribution in [-0.2, 0) is 9.53 Å². The summed E-state index contributed by atoms with van der Waals surface area (Å²) in [6.45, 7) is 15.2. The van der Waals surface area contributed by atoms with E-state index in [4.69, 9.17) is 4.74 Å². The Kier molecular flexibility index (Phi) is 11.5. The van der Waals surface area contributed by atoms with Crippen LogP contribution < -0.4 is 16.0 Å². The number of amides is 4. The molecular formula is C21H41N5O4. The van der Waals surface area contributed by atoms with Crippen molar-refractivity contribution in [3.8, 4) is 0 Å². The number of carbonyl (C=O) groups excluding carboxylic acids is 3. The van der Waals surface area contributed by atoms with Crippen molar-refractivity contribution in [2.24, 2.45) is 5.92 Å². The second kappa shape index (κ2) is 13.3. The predicted octanol–water partition coefficient (Wildman–Crippen LogP) is 1.78. The molecule has 0 saturated carbocycles. The Morgan fingerprint density at radius 2 is 1.57 bits per heavy atom. The Morgan fingerprint density at radius 3 is 2.13 bits per heavy atom. The van der Waals surface area contributed by atoms with Gasteiger partial charge in [-0.3, -0.25) is 4.79 Å². The summed E-state index contributed by atoms with van der Waals surface area (Å²) in [5.74, 6) is 0.0625. The fourth-order valence-electron chi connectivity index (χ4n) is 3.30. The average molecular weight is 428 g/mol. The van der Waals surface area contributed by atoms with Crippen LogP contribution >= 0.6 is 0 Å². The fraction of sp³-hybridized carbons (Fsp3) is 0.857. The topological polar surface area (TPSA) is 103 Å². The third-order valence-electron chi connectivity index (χ3n) is 5.07. The van der Waals surface area contributed by atoms with Gasteiger partial charge in [0.2, 0.25) is 5.91 Å². The first-order chi connectivity index (χ1) is 14.2. The van der Waals surface area contributed by atoms with Gasteiger partial charge in [-0.1, -0.05) is 13.8 Å². The first kappa shape index (κ1) is 26.0. The summed E-state index contributed by atoms with van der Waals surface area (Å²) in [6, 6.07) is -0.168. The molecular weight excluding hydrogens is 386 g/mol. The molecule has 0 unspecified atom stereocenters. The van der Waals surface area contributed by atoms with Crippen LogP contribution in [-0.4, -0.2) is 85.8 Å². The molecule has 1 rings (SSSR count). The Bertz CT molecular complexity index is 538. The number of hydrogen-bond acceptors (Lipinski definition) is 5. The van der Waals surface area contributed by atoms with Crippen molar-refractivity contribution >= 4 is 18.0 Å². The number of ether oxygens (including phenoxy) is 1. The summed E-state index contributed by atoms with van der Waals surface area (Å²) in [4.78, 5) is 40.2. The first-order valence-corrected chi connectivity index (χ1v) is 11.2. The lowest BCUT2D eigenvalue weighted by molar-refractivity contribution is -0.126. The molecule has 0 atom stereocenters. The highest BCUT2D eigenvalue weighted by atomic mass is 16.6. The first-order valence-electron chi connectivity index (χ1n) is 11.2. The average Bonchev–Trinajstić information content (AvgIpc) is 2.70. The predicted molar refractivity (Wildman–Crippen MR) is 117 cm³/mol. The van der Waals surface area contributed by atoms with Gasteiger partial charge in [-0.05, 0) is 59.7 Å². The maximum Gasteiger partial charge on any atom is 0.407 e. The van der Waals surface area contributed by atoms with E-state index < -0.39 is 11.7 Å². The van der Waals surface area contributed by atoms with Gasteiger partial charge in [-0.15, -0.1) is 0 Å².